The Balaban J connectivity index is 1.60. The van der Waals surface area contributed by atoms with Crippen LogP contribution in [0.2, 0.25) is 0 Å². The lowest BCUT2D eigenvalue weighted by Crippen LogP contribution is -2.32. The van der Waals surface area contributed by atoms with Gasteiger partial charge in [-0.1, -0.05) is 30.3 Å². The van der Waals surface area contributed by atoms with Crippen LogP contribution in [0.3, 0.4) is 0 Å². The summed E-state index contributed by atoms with van der Waals surface area (Å²) in [5.74, 6) is 1.78. The van der Waals surface area contributed by atoms with Gasteiger partial charge in [0.25, 0.3) is 5.91 Å². The van der Waals surface area contributed by atoms with Crippen molar-refractivity contribution >= 4 is 50.5 Å². The first-order valence-electron chi connectivity index (χ1n) is 11.5. The van der Waals surface area contributed by atoms with Crippen LogP contribution in [0.25, 0.3) is 6.08 Å². The van der Waals surface area contributed by atoms with Gasteiger partial charge in [0.1, 0.15) is 12.4 Å². The number of hydrogen-bond acceptors (Lipinski definition) is 7. The van der Waals surface area contributed by atoms with Crippen LogP contribution in [0.4, 0.5) is 5.69 Å². The largest absolute Gasteiger partial charge is 0.497 e. The van der Waals surface area contributed by atoms with E-state index in [2.05, 4.69) is 15.9 Å². The molecule has 0 spiro atoms. The third kappa shape index (κ3) is 6.74. The van der Waals surface area contributed by atoms with Gasteiger partial charge < -0.3 is 18.9 Å². The quantitative estimate of drug-likeness (QED) is 0.261. The van der Waals surface area contributed by atoms with Gasteiger partial charge in [0.05, 0.1) is 42.4 Å². The summed E-state index contributed by atoms with van der Waals surface area (Å²) in [5, 5.41) is 0.590. The van der Waals surface area contributed by atoms with E-state index in [1.165, 1.54) is 11.8 Å². The Morgan fingerprint density at radius 2 is 1.76 bits per heavy atom. The van der Waals surface area contributed by atoms with Crippen LogP contribution in [0, 0.1) is 0 Å². The monoisotopic (exact) mass is 582 g/mol. The first-order chi connectivity index (χ1) is 18.0. The third-order valence-electron chi connectivity index (χ3n) is 5.48. The molecule has 3 aromatic rings. The molecule has 0 aliphatic carbocycles. The maximum Gasteiger partial charge on any atom is 0.266 e. The molecule has 37 heavy (non-hydrogen) atoms. The lowest BCUT2D eigenvalue weighted by Gasteiger charge is -2.15. The predicted octanol–water partition coefficient (Wildman–Crippen LogP) is 6.30. The number of halogens is 1. The second-order valence-electron chi connectivity index (χ2n) is 7.96. The van der Waals surface area contributed by atoms with E-state index in [0.29, 0.717) is 41.3 Å². The molecule has 1 saturated heterocycles. The molecule has 0 unspecified atom stereocenters. The number of amidine groups is 1. The minimum atomic E-state index is -0.131. The molecule has 9 heteroatoms. The molecule has 0 N–H and O–H groups in total. The Hall–Kier alpha value is -3.27. The highest BCUT2D eigenvalue weighted by Gasteiger charge is 2.33. The van der Waals surface area contributed by atoms with E-state index >= 15 is 0 Å². The minimum absolute atomic E-state index is 0.131. The highest BCUT2D eigenvalue weighted by Crippen LogP contribution is 2.40. The first-order valence-corrected chi connectivity index (χ1v) is 13.1. The average Bonchev–Trinajstić information content (AvgIpc) is 3.20. The van der Waals surface area contributed by atoms with Crippen LogP contribution >= 0.6 is 27.7 Å². The van der Waals surface area contributed by atoms with Crippen molar-refractivity contribution in [3.8, 4) is 17.2 Å². The summed E-state index contributed by atoms with van der Waals surface area (Å²) in [5.41, 5.74) is 2.57. The Bertz CT molecular complexity index is 1300. The van der Waals surface area contributed by atoms with Gasteiger partial charge in [0.15, 0.2) is 16.7 Å². The van der Waals surface area contributed by atoms with E-state index in [-0.39, 0.29) is 5.91 Å². The summed E-state index contributed by atoms with van der Waals surface area (Å²) in [6, 6.07) is 21.0. The number of carbonyl (C=O) groups excluding carboxylic acids is 1. The second-order valence-corrected chi connectivity index (χ2v) is 9.82. The maximum atomic E-state index is 13.3. The summed E-state index contributed by atoms with van der Waals surface area (Å²) in [6.07, 6.45) is 1.83. The van der Waals surface area contributed by atoms with Crippen molar-refractivity contribution in [3.05, 3.63) is 87.2 Å². The van der Waals surface area contributed by atoms with E-state index in [9.17, 15) is 4.79 Å². The van der Waals surface area contributed by atoms with E-state index in [0.717, 1.165) is 27.0 Å². The Morgan fingerprint density at radius 3 is 2.43 bits per heavy atom. The van der Waals surface area contributed by atoms with Gasteiger partial charge in [-0.3, -0.25) is 9.69 Å². The van der Waals surface area contributed by atoms with E-state index in [4.69, 9.17) is 23.9 Å². The molecule has 1 aliphatic rings. The number of ether oxygens (including phenoxy) is 4. The van der Waals surface area contributed by atoms with E-state index in [1.807, 2.05) is 72.8 Å². The summed E-state index contributed by atoms with van der Waals surface area (Å²) < 4.78 is 22.8. The number of methoxy groups -OCH3 is 3. The molecule has 3 aromatic carbocycles. The van der Waals surface area contributed by atoms with Crippen molar-refractivity contribution in [3.63, 3.8) is 0 Å². The van der Waals surface area contributed by atoms with Crippen molar-refractivity contribution in [2.45, 2.75) is 6.61 Å². The molecule has 0 atom stereocenters. The van der Waals surface area contributed by atoms with Gasteiger partial charge in [-0.15, -0.1) is 0 Å². The third-order valence-corrected chi connectivity index (χ3v) is 7.08. The normalized spacial score (nSPS) is 15.5. The number of rotatable bonds is 10. The second kappa shape index (κ2) is 12.8. The summed E-state index contributed by atoms with van der Waals surface area (Å²) in [4.78, 5) is 20.2. The van der Waals surface area contributed by atoms with Gasteiger partial charge in [0, 0.05) is 7.11 Å². The molecule has 192 valence electrons. The Morgan fingerprint density at radius 1 is 1.00 bits per heavy atom. The molecule has 4 rings (SSSR count). The molecular formula is C28H27BrN2O5S. The topological polar surface area (TPSA) is 69.6 Å². The van der Waals surface area contributed by atoms with Gasteiger partial charge in [0.2, 0.25) is 0 Å². The van der Waals surface area contributed by atoms with Crippen LogP contribution in [0.1, 0.15) is 11.1 Å². The fourth-order valence-corrected chi connectivity index (χ4v) is 5.18. The fourth-order valence-electron chi connectivity index (χ4n) is 3.58. The molecule has 1 heterocycles. The lowest BCUT2D eigenvalue weighted by atomic mass is 10.1. The molecule has 1 amide bonds. The Labute approximate surface area is 229 Å². The van der Waals surface area contributed by atoms with Crippen LogP contribution in [0.15, 0.2) is 81.1 Å². The molecule has 1 fully saturated rings. The zero-order valence-electron chi connectivity index (χ0n) is 20.8. The zero-order valence-corrected chi connectivity index (χ0v) is 23.2. The average molecular weight is 584 g/mol. The molecule has 7 nitrogen and oxygen atoms in total. The van der Waals surface area contributed by atoms with Crippen molar-refractivity contribution < 1.29 is 23.7 Å². The standard InChI is InChI=1S/C28H27BrN2O5S/c1-33-14-13-31-27(32)25(37-28(31)30-21-9-11-22(34-2)12-10-21)17-20-15-23(29)26(24(16-20)35-3)36-18-19-7-5-4-6-8-19/h4-12,15-17H,13-14,18H2,1-3H3/b25-17-,30-28?. The molecule has 0 aromatic heterocycles. The number of thioether (sulfide) groups is 1. The maximum absolute atomic E-state index is 13.3. The van der Waals surface area contributed by atoms with Crippen LogP contribution in [-0.2, 0) is 16.1 Å². The SMILES string of the molecule is COCCN1C(=O)/C(=C/c2cc(Br)c(OCc3ccccc3)c(OC)c2)SC1=Nc1ccc(OC)cc1. The van der Waals surface area contributed by atoms with E-state index in [1.54, 1.807) is 26.2 Å². The molecule has 0 saturated carbocycles. The number of carbonyl (C=O) groups is 1. The van der Waals surface area contributed by atoms with Crippen LogP contribution in [0.5, 0.6) is 17.2 Å². The van der Waals surface area contributed by atoms with Crippen LogP contribution in [-0.4, -0.2) is 50.5 Å². The van der Waals surface area contributed by atoms with Crippen molar-refractivity contribution in [2.24, 2.45) is 4.99 Å². The van der Waals surface area contributed by atoms with Crippen LogP contribution < -0.4 is 14.2 Å². The number of nitrogens with zero attached hydrogens (tertiary/aromatic N) is 2. The molecule has 1 aliphatic heterocycles. The summed E-state index contributed by atoms with van der Waals surface area (Å²) >= 11 is 4.93. The van der Waals surface area contributed by atoms with Gasteiger partial charge in [-0.2, -0.15) is 0 Å². The smallest absolute Gasteiger partial charge is 0.266 e. The lowest BCUT2D eigenvalue weighted by molar-refractivity contribution is -0.122. The van der Waals surface area contributed by atoms with Gasteiger partial charge in [-0.25, -0.2) is 4.99 Å². The number of benzene rings is 3. The highest BCUT2D eigenvalue weighted by atomic mass is 79.9. The number of amides is 1. The first kappa shape index (κ1) is 26.8. The molecule has 0 radical (unpaired) electrons. The van der Waals surface area contributed by atoms with E-state index < -0.39 is 0 Å². The fraction of sp³-hybridized carbons (Fsp3) is 0.214. The summed E-state index contributed by atoms with van der Waals surface area (Å²) in [7, 11) is 4.82. The van der Waals surface area contributed by atoms with Gasteiger partial charge in [-0.05, 0) is 81.3 Å². The molecular weight excluding hydrogens is 556 g/mol. The summed E-state index contributed by atoms with van der Waals surface area (Å²) in [6.45, 7) is 1.20. The Kier molecular flexibility index (Phi) is 9.27. The zero-order chi connectivity index (χ0) is 26.2. The van der Waals surface area contributed by atoms with Crippen molar-refractivity contribution in [2.75, 3.05) is 34.5 Å². The van der Waals surface area contributed by atoms with Gasteiger partial charge >= 0.3 is 0 Å². The highest BCUT2D eigenvalue weighted by molar-refractivity contribution is 9.10. The predicted molar refractivity (Wildman–Crippen MR) is 151 cm³/mol. The van der Waals surface area contributed by atoms with Crippen molar-refractivity contribution in [1.82, 2.24) is 4.90 Å². The number of hydrogen-bond donors (Lipinski definition) is 0. The number of aliphatic imine (C=N–C) groups is 1. The molecule has 0 bridgehead atoms. The van der Waals surface area contributed by atoms with Crippen molar-refractivity contribution in [1.29, 1.82) is 0 Å². The minimum Gasteiger partial charge on any atom is -0.497 e.